The van der Waals surface area contributed by atoms with Crippen molar-refractivity contribution in [2.24, 2.45) is 0 Å². The predicted octanol–water partition coefficient (Wildman–Crippen LogP) is 5.53. The maximum Gasteiger partial charge on any atom is 0.422 e. The number of nitrogens with one attached hydrogen (secondary N) is 2. The van der Waals surface area contributed by atoms with Gasteiger partial charge in [0, 0.05) is 69.6 Å². The molecule has 0 radical (unpaired) electrons. The van der Waals surface area contributed by atoms with Gasteiger partial charge < -0.3 is 25.2 Å². The van der Waals surface area contributed by atoms with Gasteiger partial charge >= 0.3 is 6.18 Å². The molecule has 2 aliphatic rings. The topological polar surface area (TPSA) is 107 Å². The van der Waals surface area contributed by atoms with E-state index in [4.69, 9.17) is 4.74 Å². The van der Waals surface area contributed by atoms with Gasteiger partial charge in [-0.05, 0) is 72.6 Å². The number of nitrogens with zero attached hydrogens (tertiary/aromatic N) is 8. The number of alkyl halides is 3. The molecule has 4 aromatic rings. The first kappa shape index (κ1) is 31.2. The van der Waals surface area contributed by atoms with Crippen LogP contribution < -0.4 is 20.3 Å². The number of fused-ring (bicyclic) bond motifs is 1. The molecule has 15 heteroatoms. The summed E-state index contributed by atoms with van der Waals surface area (Å²) in [4.78, 5) is 29.1. The molecule has 6 rings (SSSR count). The summed E-state index contributed by atoms with van der Waals surface area (Å²) in [5.74, 6) is 1.05. The molecule has 2 aliphatic heterocycles. The highest BCUT2D eigenvalue weighted by Gasteiger charge is 2.31. The van der Waals surface area contributed by atoms with Gasteiger partial charge in [0.05, 0.1) is 15.5 Å². The van der Waals surface area contributed by atoms with Crippen molar-refractivity contribution in [1.82, 2.24) is 34.7 Å². The SMILES string of the molecule is Cc1cc(Nc2ncc(Br)c(Nc3ccc4nccnc4c3)n2)c(OCC(F)(F)F)nc1N1CCC(N2CCN(C)CC2)CC1. The normalized spacial score (nSPS) is 17.1. The number of rotatable bonds is 8. The first-order valence-corrected chi connectivity index (χ1v) is 15.6. The lowest BCUT2D eigenvalue weighted by Gasteiger charge is -2.42. The van der Waals surface area contributed by atoms with Crippen LogP contribution >= 0.6 is 15.9 Å². The Morgan fingerprint density at radius 2 is 1.67 bits per heavy atom. The number of aromatic nitrogens is 5. The standard InChI is InChI=1S/C30H34BrF3N10O/c1-19-15-25(39-29-37-17-22(31)26(40-29)38-20-3-4-23-24(16-20)36-8-7-35-23)28(45-18-30(32,33)34)41-27(19)44-9-5-21(6-10-44)43-13-11-42(2)12-14-43/h3-4,7-8,15-17,21H,5-6,9-14,18H2,1-2H3,(H2,37,38,39,40). The van der Waals surface area contributed by atoms with Crippen LogP contribution in [0.4, 0.5) is 42.1 Å². The summed E-state index contributed by atoms with van der Waals surface area (Å²) in [5, 5.41) is 6.26. The molecule has 2 saturated heterocycles. The van der Waals surface area contributed by atoms with E-state index in [1.807, 2.05) is 25.1 Å². The zero-order valence-corrected chi connectivity index (χ0v) is 26.6. The van der Waals surface area contributed by atoms with Crippen LogP contribution in [0.25, 0.3) is 11.0 Å². The van der Waals surface area contributed by atoms with Crippen LogP contribution in [0.2, 0.25) is 0 Å². The van der Waals surface area contributed by atoms with Gasteiger partial charge in [0.15, 0.2) is 6.61 Å². The molecule has 0 unspecified atom stereocenters. The van der Waals surface area contributed by atoms with Gasteiger partial charge in [0.25, 0.3) is 0 Å². The van der Waals surface area contributed by atoms with Gasteiger partial charge in [-0.2, -0.15) is 23.1 Å². The van der Waals surface area contributed by atoms with Gasteiger partial charge in [-0.1, -0.05) is 0 Å². The van der Waals surface area contributed by atoms with Gasteiger partial charge in [-0.15, -0.1) is 0 Å². The van der Waals surface area contributed by atoms with E-state index in [0.717, 1.165) is 68.9 Å². The van der Waals surface area contributed by atoms with Crippen molar-refractivity contribution in [3.8, 4) is 5.88 Å². The van der Waals surface area contributed by atoms with Crippen LogP contribution in [0.5, 0.6) is 5.88 Å². The largest absolute Gasteiger partial charge is 0.466 e. The molecule has 0 saturated carbocycles. The average Bonchev–Trinajstić information content (AvgIpc) is 3.02. The fourth-order valence-electron chi connectivity index (χ4n) is 5.70. The quantitative estimate of drug-likeness (QED) is 0.244. The van der Waals surface area contributed by atoms with Gasteiger partial charge in [-0.3, -0.25) is 14.9 Å². The first-order valence-electron chi connectivity index (χ1n) is 14.8. The lowest BCUT2D eigenvalue weighted by atomic mass is 10.0. The number of hydrogen-bond donors (Lipinski definition) is 2. The van der Waals surface area contributed by atoms with Gasteiger partial charge in [0.2, 0.25) is 11.8 Å². The van der Waals surface area contributed by atoms with Crippen LogP contribution in [0.3, 0.4) is 0 Å². The van der Waals surface area contributed by atoms with E-state index in [1.165, 1.54) is 0 Å². The van der Waals surface area contributed by atoms with E-state index in [2.05, 4.69) is 73.2 Å². The first-order chi connectivity index (χ1) is 21.6. The third-order valence-electron chi connectivity index (χ3n) is 8.06. The third-order valence-corrected chi connectivity index (χ3v) is 8.65. The van der Waals surface area contributed by atoms with Crippen molar-refractivity contribution >= 4 is 55.9 Å². The molecule has 0 spiro atoms. The smallest absolute Gasteiger partial charge is 0.422 e. The highest BCUT2D eigenvalue weighted by atomic mass is 79.9. The summed E-state index contributed by atoms with van der Waals surface area (Å²) in [6, 6.07) is 7.77. The zero-order chi connectivity index (χ0) is 31.6. The van der Waals surface area contributed by atoms with Crippen molar-refractivity contribution in [3.05, 3.63) is 52.9 Å². The molecule has 0 amide bonds. The molecule has 2 N–H and O–H groups in total. The number of likely N-dealkylation sites (N-methyl/N-ethyl adjacent to an activating group) is 1. The summed E-state index contributed by atoms with van der Waals surface area (Å²) in [7, 11) is 2.15. The number of piperazine rings is 1. The van der Waals surface area contributed by atoms with Crippen LogP contribution in [0.15, 0.2) is 47.3 Å². The highest BCUT2D eigenvalue weighted by molar-refractivity contribution is 9.10. The summed E-state index contributed by atoms with van der Waals surface area (Å²) in [6.07, 6.45) is 2.20. The molecule has 0 bridgehead atoms. The Hall–Kier alpha value is -3.82. The molecular weight excluding hydrogens is 653 g/mol. The Kier molecular flexibility index (Phi) is 9.19. The molecule has 0 atom stereocenters. The number of piperidine rings is 1. The van der Waals surface area contributed by atoms with E-state index >= 15 is 0 Å². The van der Waals surface area contributed by atoms with E-state index in [0.29, 0.717) is 27.7 Å². The second-order valence-electron chi connectivity index (χ2n) is 11.3. The minimum atomic E-state index is -4.53. The van der Waals surface area contributed by atoms with E-state index in [-0.39, 0.29) is 17.5 Å². The van der Waals surface area contributed by atoms with Crippen LogP contribution in [0.1, 0.15) is 18.4 Å². The van der Waals surface area contributed by atoms with Crippen LogP contribution in [-0.4, -0.2) is 99.9 Å². The Morgan fingerprint density at radius 1 is 0.933 bits per heavy atom. The monoisotopic (exact) mass is 686 g/mol. The molecule has 11 nitrogen and oxygen atoms in total. The van der Waals surface area contributed by atoms with Crippen LogP contribution in [-0.2, 0) is 0 Å². The Morgan fingerprint density at radius 3 is 2.40 bits per heavy atom. The minimum Gasteiger partial charge on any atom is -0.466 e. The summed E-state index contributed by atoms with van der Waals surface area (Å²) in [5.41, 5.74) is 3.23. The van der Waals surface area contributed by atoms with E-state index in [1.54, 1.807) is 24.7 Å². The lowest BCUT2D eigenvalue weighted by molar-refractivity contribution is -0.153. The maximum atomic E-state index is 13.2. The summed E-state index contributed by atoms with van der Waals surface area (Å²) >= 11 is 3.47. The van der Waals surface area contributed by atoms with E-state index < -0.39 is 12.8 Å². The van der Waals surface area contributed by atoms with Gasteiger partial charge in [-0.25, -0.2) is 4.98 Å². The number of aryl methyl sites for hydroxylation is 1. The second kappa shape index (κ2) is 13.3. The van der Waals surface area contributed by atoms with Crippen molar-refractivity contribution in [3.63, 3.8) is 0 Å². The number of hydrogen-bond acceptors (Lipinski definition) is 11. The molecule has 0 aliphatic carbocycles. The average molecular weight is 688 g/mol. The lowest BCUT2D eigenvalue weighted by Crippen LogP contribution is -2.52. The van der Waals surface area contributed by atoms with Crippen molar-refractivity contribution < 1.29 is 17.9 Å². The van der Waals surface area contributed by atoms with Crippen molar-refractivity contribution in [1.29, 1.82) is 0 Å². The predicted molar refractivity (Wildman–Crippen MR) is 171 cm³/mol. The fraction of sp³-hybridized carbons (Fsp3) is 0.433. The Labute approximate surface area is 267 Å². The Balaban J connectivity index is 1.21. The number of pyridine rings is 1. The highest BCUT2D eigenvalue weighted by Crippen LogP contribution is 2.35. The van der Waals surface area contributed by atoms with E-state index in [9.17, 15) is 13.2 Å². The number of anilines is 5. The number of benzene rings is 1. The molecule has 1 aromatic carbocycles. The Bertz CT molecular complexity index is 1640. The molecule has 45 heavy (non-hydrogen) atoms. The summed E-state index contributed by atoms with van der Waals surface area (Å²) < 4.78 is 45.6. The molecular formula is C30H34BrF3N10O. The molecule has 5 heterocycles. The summed E-state index contributed by atoms with van der Waals surface area (Å²) in [6.45, 7) is 6.19. The zero-order valence-electron chi connectivity index (χ0n) is 25.0. The molecule has 3 aromatic heterocycles. The number of halogens is 4. The molecule has 238 valence electrons. The van der Waals surface area contributed by atoms with Crippen molar-refractivity contribution in [2.45, 2.75) is 32.0 Å². The fourth-order valence-corrected chi connectivity index (χ4v) is 5.99. The minimum absolute atomic E-state index is 0.153. The van der Waals surface area contributed by atoms with Crippen LogP contribution in [0, 0.1) is 6.92 Å². The van der Waals surface area contributed by atoms with Gasteiger partial charge in [0.1, 0.15) is 17.3 Å². The van der Waals surface area contributed by atoms with Crippen molar-refractivity contribution in [2.75, 3.05) is 68.5 Å². The third kappa shape index (κ3) is 7.71. The second-order valence-corrected chi connectivity index (χ2v) is 12.2. The molecule has 2 fully saturated rings. The number of ether oxygens (including phenoxy) is 1. The maximum absolute atomic E-state index is 13.2.